The first kappa shape index (κ1) is 19.4. The van der Waals surface area contributed by atoms with E-state index >= 15 is 0 Å². The van der Waals surface area contributed by atoms with Gasteiger partial charge in [0.2, 0.25) is 15.0 Å². The van der Waals surface area contributed by atoms with E-state index in [1.807, 2.05) is 6.07 Å². The van der Waals surface area contributed by atoms with Crippen LogP contribution in [0.15, 0.2) is 29.7 Å². The van der Waals surface area contributed by atoms with Gasteiger partial charge in [0.25, 0.3) is 0 Å². The van der Waals surface area contributed by atoms with E-state index < -0.39 is 15.9 Å². The summed E-state index contributed by atoms with van der Waals surface area (Å²) in [6, 6.07) is 3.75. The molecule has 3 atom stereocenters. The highest BCUT2D eigenvalue weighted by Gasteiger charge is 2.31. The van der Waals surface area contributed by atoms with E-state index in [9.17, 15) is 13.5 Å². The van der Waals surface area contributed by atoms with Crippen molar-refractivity contribution in [2.24, 2.45) is 0 Å². The number of aliphatic hydroxyl groups is 1. The molecule has 1 aliphatic rings. The largest absolute Gasteiger partial charge is 0.385 e. The predicted molar refractivity (Wildman–Crippen MR) is 101 cm³/mol. The summed E-state index contributed by atoms with van der Waals surface area (Å²) in [5.41, 5.74) is 0. The van der Waals surface area contributed by atoms with Crippen molar-refractivity contribution in [2.75, 3.05) is 29.1 Å². The molecular weight excluding hydrogens is 368 g/mol. The quantitative estimate of drug-likeness (QED) is 0.756. The van der Waals surface area contributed by atoms with Gasteiger partial charge in [0.15, 0.2) is 5.82 Å². The number of hydrogen-bond donors (Lipinski definition) is 1. The summed E-state index contributed by atoms with van der Waals surface area (Å²) in [5.74, 6) is 1.75. The summed E-state index contributed by atoms with van der Waals surface area (Å²) in [5, 5.41) is 9.58. The maximum atomic E-state index is 11.7. The summed E-state index contributed by atoms with van der Waals surface area (Å²) in [7, 11) is -3.46. The van der Waals surface area contributed by atoms with Gasteiger partial charge in [-0.15, -0.1) is 0 Å². The number of nitrogens with zero attached hydrogens (tertiary/aromatic N) is 6. The average molecular weight is 392 g/mol. The monoisotopic (exact) mass is 392 g/mol. The zero-order valence-corrected chi connectivity index (χ0v) is 16.6. The highest BCUT2D eigenvalue weighted by atomic mass is 32.2. The van der Waals surface area contributed by atoms with Crippen LogP contribution in [0, 0.1) is 0 Å². The fourth-order valence-corrected chi connectivity index (χ4v) is 3.87. The molecule has 0 spiro atoms. The Morgan fingerprint density at radius 1 is 1.07 bits per heavy atom. The normalized spacial score (nSPS) is 22.0. The predicted octanol–water partition coefficient (Wildman–Crippen LogP) is 0.827. The Morgan fingerprint density at radius 2 is 1.67 bits per heavy atom. The summed E-state index contributed by atoms with van der Waals surface area (Å²) >= 11 is 0. The lowest BCUT2D eigenvalue weighted by Gasteiger charge is -2.45. The van der Waals surface area contributed by atoms with Crippen LogP contribution in [-0.2, 0) is 9.84 Å². The van der Waals surface area contributed by atoms with Gasteiger partial charge in [-0.3, -0.25) is 0 Å². The summed E-state index contributed by atoms with van der Waals surface area (Å²) in [6.45, 7) is 7.09. The lowest BCUT2D eigenvalue weighted by atomic mass is 10.1. The van der Waals surface area contributed by atoms with Crippen molar-refractivity contribution in [3.05, 3.63) is 30.4 Å². The Morgan fingerprint density at radius 3 is 2.26 bits per heavy atom. The maximum Gasteiger partial charge on any atom is 0.248 e. The van der Waals surface area contributed by atoms with Gasteiger partial charge in [0.1, 0.15) is 17.7 Å². The van der Waals surface area contributed by atoms with Crippen molar-refractivity contribution in [1.29, 1.82) is 0 Å². The van der Waals surface area contributed by atoms with Crippen molar-refractivity contribution in [3.63, 3.8) is 0 Å². The Kier molecular flexibility index (Phi) is 5.29. The molecule has 0 bridgehead atoms. The van der Waals surface area contributed by atoms with Crippen molar-refractivity contribution >= 4 is 21.5 Å². The van der Waals surface area contributed by atoms with E-state index in [0.29, 0.717) is 24.7 Å². The van der Waals surface area contributed by atoms with Crippen LogP contribution in [0.2, 0.25) is 0 Å². The van der Waals surface area contributed by atoms with Crippen molar-refractivity contribution in [1.82, 2.24) is 19.9 Å². The number of piperazine rings is 1. The fourth-order valence-electron chi connectivity index (χ4n) is 3.36. The topological polar surface area (TPSA) is 112 Å². The van der Waals surface area contributed by atoms with Gasteiger partial charge in [-0.05, 0) is 32.9 Å². The standard InChI is InChI=1S/C17H24N6O3S/c1-11-9-22(14-5-8-19-17(21-14)27(4,25)26)10-12(2)23(11)15-6-7-18-16(20-15)13(3)24/h5-8,11-13,24H,9-10H2,1-4H3/t11?,12?,13-/m1/s1. The third-order valence-electron chi connectivity index (χ3n) is 4.49. The zero-order chi connectivity index (χ0) is 19.8. The molecule has 1 N–H and O–H groups in total. The van der Waals surface area contributed by atoms with Crippen LogP contribution in [0.3, 0.4) is 0 Å². The van der Waals surface area contributed by atoms with Crippen LogP contribution in [0.25, 0.3) is 0 Å². The highest BCUT2D eigenvalue weighted by Crippen LogP contribution is 2.26. The van der Waals surface area contributed by atoms with E-state index in [-0.39, 0.29) is 17.2 Å². The lowest BCUT2D eigenvalue weighted by molar-refractivity contribution is 0.189. The van der Waals surface area contributed by atoms with E-state index in [2.05, 4.69) is 43.6 Å². The van der Waals surface area contributed by atoms with Gasteiger partial charge in [0, 0.05) is 43.8 Å². The van der Waals surface area contributed by atoms with E-state index in [0.717, 1.165) is 12.1 Å². The Bertz CT molecular complexity index is 908. The molecule has 2 aromatic rings. The Balaban J connectivity index is 1.85. The first-order valence-corrected chi connectivity index (χ1v) is 10.6. The first-order chi connectivity index (χ1) is 12.7. The number of hydrogen-bond acceptors (Lipinski definition) is 9. The second kappa shape index (κ2) is 7.35. The molecule has 1 saturated heterocycles. The SMILES string of the molecule is CC1CN(c2ccnc(S(C)(=O)=O)n2)CC(C)N1c1ccnc([C@@H](C)O)n1. The number of sulfone groups is 1. The van der Waals surface area contributed by atoms with Crippen molar-refractivity contribution in [2.45, 2.75) is 44.1 Å². The molecule has 0 radical (unpaired) electrons. The highest BCUT2D eigenvalue weighted by molar-refractivity contribution is 7.90. The summed E-state index contributed by atoms with van der Waals surface area (Å²) in [4.78, 5) is 20.9. The molecule has 9 nitrogen and oxygen atoms in total. The second-order valence-electron chi connectivity index (χ2n) is 6.93. The van der Waals surface area contributed by atoms with Gasteiger partial charge in [-0.1, -0.05) is 0 Å². The summed E-state index contributed by atoms with van der Waals surface area (Å²) in [6.07, 6.45) is 3.50. The van der Waals surface area contributed by atoms with E-state index in [4.69, 9.17) is 0 Å². The van der Waals surface area contributed by atoms with Crippen LogP contribution in [0.5, 0.6) is 0 Å². The number of rotatable bonds is 4. The minimum absolute atomic E-state index is 0.0992. The zero-order valence-electron chi connectivity index (χ0n) is 15.8. The molecule has 2 aromatic heterocycles. The molecule has 3 heterocycles. The molecule has 0 amide bonds. The minimum atomic E-state index is -3.46. The van der Waals surface area contributed by atoms with Crippen molar-refractivity contribution < 1.29 is 13.5 Å². The van der Waals surface area contributed by atoms with Crippen LogP contribution in [0.4, 0.5) is 11.6 Å². The Labute approximate surface area is 159 Å². The van der Waals surface area contributed by atoms with Crippen molar-refractivity contribution in [3.8, 4) is 0 Å². The van der Waals surface area contributed by atoms with Crippen LogP contribution >= 0.6 is 0 Å². The molecule has 0 aromatic carbocycles. The molecular formula is C17H24N6O3S. The molecule has 3 rings (SSSR count). The van der Waals surface area contributed by atoms with Gasteiger partial charge in [-0.2, -0.15) is 0 Å². The maximum absolute atomic E-state index is 11.7. The van der Waals surface area contributed by atoms with Crippen LogP contribution in [-0.4, -0.2) is 64.9 Å². The molecule has 0 saturated carbocycles. The number of anilines is 2. The molecule has 146 valence electrons. The van der Waals surface area contributed by atoms with E-state index in [1.165, 1.54) is 6.20 Å². The average Bonchev–Trinajstić information content (AvgIpc) is 2.61. The van der Waals surface area contributed by atoms with Crippen LogP contribution in [0.1, 0.15) is 32.7 Å². The van der Waals surface area contributed by atoms with Crippen LogP contribution < -0.4 is 9.80 Å². The summed E-state index contributed by atoms with van der Waals surface area (Å²) < 4.78 is 23.5. The lowest BCUT2D eigenvalue weighted by Crippen LogP contribution is -2.57. The van der Waals surface area contributed by atoms with Gasteiger partial charge < -0.3 is 14.9 Å². The second-order valence-corrected chi connectivity index (χ2v) is 8.84. The van der Waals surface area contributed by atoms with E-state index in [1.54, 1.807) is 19.2 Å². The molecule has 27 heavy (non-hydrogen) atoms. The third kappa shape index (κ3) is 4.16. The molecule has 1 aliphatic heterocycles. The van der Waals surface area contributed by atoms with Gasteiger partial charge >= 0.3 is 0 Å². The minimum Gasteiger partial charge on any atom is -0.385 e. The van der Waals surface area contributed by atoms with Gasteiger partial charge in [-0.25, -0.2) is 28.4 Å². The Hall–Kier alpha value is -2.33. The fraction of sp³-hybridized carbons (Fsp3) is 0.529. The number of aliphatic hydroxyl groups excluding tert-OH is 1. The molecule has 0 aliphatic carbocycles. The first-order valence-electron chi connectivity index (χ1n) is 8.74. The third-order valence-corrected chi connectivity index (χ3v) is 5.35. The molecule has 2 unspecified atom stereocenters. The van der Waals surface area contributed by atoms with Gasteiger partial charge in [0.05, 0.1) is 0 Å². The number of aromatic nitrogens is 4. The molecule has 1 fully saturated rings. The molecule has 10 heteroatoms. The smallest absolute Gasteiger partial charge is 0.248 e.